The molecule has 0 spiro atoms. The average Bonchev–Trinajstić information content (AvgIpc) is 3.34. The Balaban J connectivity index is 4.25. The first-order valence-corrected chi connectivity index (χ1v) is 30.2. The zero-order valence-electron chi connectivity index (χ0n) is 45.9. The summed E-state index contributed by atoms with van der Waals surface area (Å²) in [6, 6.07) is 0. The van der Waals surface area contributed by atoms with Gasteiger partial charge in [0.2, 0.25) is 0 Å². The van der Waals surface area contributed by atoms with Crippen LogP contribution in [0.15, 0.2) is 48.6 Å². The fourth-order valence-corrected chi connectivity index (χ4v) is 8.77. The van der Waals surface area contributed by atoms with Gasteiger partial charge in [-0.1, -0.05) is 249 Å². The molecule has 0 N–H and O–H groups in total. The van der Waals surface area contributed by atoms with Crippen LogP contribution in [-0.2, 0) is 23.8 Å². The molecule has 0 heterocycles. The van der Waals surface area contributed by atoms with E-state index in [1.807, 2.05) is 0 Å². The minimum absolute atomic E-state index is 0.0813. The molecule has 0 saturated carbocycles. The van der Waals surface area contributed by atoms with Crippen LogP contribution in [0, 0.1) is 0 Å². The Morgan fingerprint density at radius 2 is 0.618 bits per heavy atom. The van der Waals surface area contributed by atoms with E-state index in [4.69, 9.17) is 14.2 Å². The number of allylic oxidation sites excluding steroid dienone is 8. The lowest BCUT2D eigenvalue weighted by atomic mass is 10.1. The van der Waals surface area contributed by atoms with Gasteiger partial charge in [0, 0.05) is 19.4 Å². The van der Waals surface area contributed by atoms with Crippen LogP contribution in [0.3, 0.4) is 0 Å². The molecule has 0 aromatic carbocycles. The molecule has 0 rings (SSSR count). The molecule has 0 aromatic rings. The number of hydrogen-bond donors (Lipinski definition) is 0. The molecule has 68 heavy (non-hydrogen) atoms. The van der Waals surface area contributed by atoms with Crippen molar-refractivity contribution in [2.24, 2.45) is 0 Å². The molecule has 0 aliphatic carbocycles. The lowest BCUT2D eigenvalue weighted by Gasteiger charge is -2.18. The van der Waals surface area contributed by atoms with Gasteiger partial charge in [-0.25, -0.2) is 0 Å². The molecule has 0 radical (unpaired) electrons. The molecule has 5 heteroatoms. The van der Waals surface area contributed by atoms with E-state index in [2.05, 4.69) is 69.4 Å². The smallest absolute Gasteiger partial charge is 0.306 e. The van der Waals surface area contributed by atoms with Crippen molar-refractivity contribution in [1.82, 2.24) is 0 Å². The van der Waals surface area contributed by atoms with E-state index in [9.17, 15) is 9.59 Å². The summed E-state index contributed by atoms with van der Waals surface area (Å²) in [5.74, 6) is -0.398. The number of carbonyl (C=O) groups is 2. The number of hydrogen-bond acceptors (Lipinski definition) is 5. The van der Waals surface area contributed by atoms with Crippen molar-refractivity contribution >= 4 is 11.9 Å². The molecule has 0 aromatic heterocycles. The van der Waals surface area contributed by atoms with Crippen LogP contribution in [0.5, 0.6) is 0 Å². The first-order chi connectivity index (χ1) is 33.6. The summed E-state index contributed by atoms with van der Waals surface area (Å²) < 4.78 is 17.5. The van der Waals surface area contributed by atoms with E-state index in [1.165, 1.54) is 225 Å². The largest absolute Gasteiger partial charge is 0.462 e. The average molecular weight is 954 g/mol. The third kappa shape index (κ3) is 56.4. The monoisotopic (exact) mass is 953 g/mol. The summed E-state index contributed by atoms with van der Waals surface area (Å²) in [6.07, 6.45) is 74.2. The highest BCUT2D eigenvalue weighted by molar-refractivity contribution is 5.70. The highest BCUT2D eigenvalue weighted by Crippen LogP contribution is 2.15. The fourth-order valence-electron chi connectivity index (χ4n) is 8.77. The van der Waals surface area contributed by atoms with Crippen LogP contribution in [-0.4, -0.2) is 37.9 Å². The van der Waals surface area contributed by atoms with Gasteiger partial charge >= 0.3 is 11.9 Å². The van der Waals surface area contributed by atoms with Crippen molar-refractivity contribution < 1.29 is 23.8 Å². The number of esters is 2. The number of unbranched alkanes of at least 4 members (excludes halogenated alkanes) is 37. The van der Waals surface area contributed by atoms with E-state index in [0.717, 1.165) is 57.8 Å². The van der Waals surface area contributed by atoms with Crippen LogP contribution < -0.4 is 0 Å². The van der Waals surface area contributed by atoms with E-state index in [0.29, 0.717) is 19.4 Å². The summed E-state index contributed by atoms with van der Waals surface area (Å²) in [5.41, 5.74) is 0. The van der Waals surface area contributed by atoms with Gasteiger partial charge in [-0.2, -0.15) is 0 Å². The molecule has 0 amide bonds. The standard InChI is InChI=1S/C63H116O5/c1-4-7-10-13-16-19-22-25-28-30-31-32-34-37-40-43-46-49-52-55-58-66-59-61(68-63(65)57-54-51-48-45-42-39-35-27-24-21-18-15-12-9-6-3)60-67-62(64)56-53-50-47-44-41-38-36-33-29-26-23-20-17-14-11-8-5-2/h16,19,25-29,35,61H,4-15,17-18,20-24,30-34,36-60H2,1-3H3/b19-16-,28-25-,29-26-,35-27-. The van der Waals surface area contributed by atoms with Crippen molar-refractivity contribution in [2.45, 2.75) is 322 Å². The Bertz CT molecular complexity index is 1120. The maximum atomic E-state index is 12.9. The molecular weight excluding hydrogens is 837 g/mol. The number of ether oxygens (including phenoxy) is 3. The van der Waals surface area contributed by atoms with Gasteiger partial charge < -0.3 is 14.2 Å². The Morgan fingerprint density at radius 3 is 1.01 bits per heavy atom. The Hall–Kier alpha value is -2.14. The van der Waals surface area contributed by atoms with Crippen LogP contribution >= 0.6 is 0 Å². The van der Waals surface area contributed by atoms with Crippen molar-refractivity contribution in [3.63, 3.8) is 0 Å². The predicted octanol–water partition coefficient (Wildman–Crippen LogP) is 20.7. The second kappa shape index (κ2) is 59.2. The first-order valence-electron chi connectivity index (χ1n) is 30.2. The maximum absolute atomic E-state index is 12.9. The molecule has 0 fully saturated rings. The van der Waals surface area contributed by atoms with Crippen molar-refractivity contribution in [3.8, 4) is 0 Å². The van der Waals surface area contributed by atoms with Crippen molar-refractivity contribution in [1.29, 1.82) is 0 Å². The van der Waals surface area contributed by atoms with Gasteiger partial charge in [0.05, 0.1) is 6.61 Å². The summed E-state index contributed by atoms with van der Waals surface area (Å²) in [7, 11) is 0. The normalized spacial score (nSPS) is 12.5. The van der Waals surface area contributed by atoms with Gasteiger partial charge in [-0.15, -0.1) is 0 Å². The molecule has 0 bridgehead atoms. The second-order valence-corrected chi connectivity index (χ2v) is 20.2. The van der Waals surface area contributed by atoms with Crippen molar-refractivity contribution in [2.75, 3.05) is 19.8 Å². The predicted molar refractivity (Wildman–Crippen MR) is 298 cm³/mol. The zero-order chi connectivity index (χ0) is 49.2. The summed E-state index contributed by atoms with van der Waals surface area (Å²) in [5, 5.41) is 0. The van der Waals surface area contributed by atoms with Gasteiger partial charge in [0.15, 0.2) is 6.10 Å². The van der Waals surface area contributed by atoms with Gasteiger partial charge in [-0.05, 0) is 103 Å². The molecule has 0 aliphatic rings. The maximum Gasteiger partial charge on any atom is 0.306 e. The van der Waals surface area contributed by atoms with E-state index in [-0.39, 0.29) is 25.2 Å². The topological polar surface area (TPSA) is 61.8 Å². The quantitative estimate of drug-likeness (QED) is 0.0345. The van der Waals surface area contributed by atoms with Gasteiger partial charge in [-0.3, -0.25) is 9.59 Å². The third-order valence-electron chi connectivity index (χ3n) is 13.3. The molecule has 1 unspecified atom stereocenters. The lowest BCUT2D eigenvalue weighted by molar-refractivity contribution is -0.163. The van der Waals surface area contributed by atoms with Crippen molar-refractivity contribution in [3.05, 3.63) is 48.6 Å². The van der Waals surface area contributed by atoms with Crippen LogP contribution in [0.2, 0.25) is 0 Å². The Kier molecular flexibility index (Phi) is 57.3. The summed E-state index contributed by atoms with van der Waals surface area (Å²) in [4.78, 5) is 25.5. The minimum Gasteiger partial charge on any atom is -0.462 e. The molecule has 398 valence electrons. The lowest BCUT2D eigenvalue weighted by Crippen LogP contribution is -2.30. The van der Waals surface area contributed by atoms with E-state index < -0.39 is 6.10 Å². The Labute approximate surface area is 424 Å². The third-order valence-corrected chi connectivity index (χ3v) is 13.3. The first kappa shape index (κ1) is 65.9. The highest BCUT2D eigenvalue weighted by Gasteiger charge is 2.17. The van der Waals surface area contributed by atoms with E-state index in [1.54, 1.807) is 0 Å². The molecule has 5 nitrogen and oxygen atoms in total. The highest BCUT2D eigenvalue weighted by atomic mass is 16.6. The van der Waals surface area contributed by atoms with Crippen LogP contribution in [0.4, 0.5) is 0 Å². The zero-order valence-corrected chi connectivity index (χ0v) is 45.9. The Morgan fingerprint density at radius 1 is 0.324 bits per heavy atom. The molecular formula is C63H116O5. The molecule has 0 saturated heterocycles. The summed E-state index contributed by atoms with van der Waals surface area (Å²) >= 11 is 0. The second-order valence-electron chi connectivity index (χ2n) is 20.2. The minimum atomic E-state index is -0.543. The number of carbonyl (C=O) groups excluding carboxylic acids is 2. The van der Waals surface area contributed by atoms with Crippen LogP contribution in [0.25, 0.3) is 0 Å². The molecule has 1 atom stereocenters. The van der Waals surface area contributed by atoms with Crippen LogP contribution in [0.1, 0.15) is 316 Å². The molecule has 0 aliphatic heterocycles. The SMILES string of the molecule is CCCCC/C=C\C/C=C\CCCCCCCCCCCCOCC(COC(=O)CCCCCCCCC/C=C\CCCCCCCC)OC(=O)CCCCCCC/C=C\CCCCCCCC. The van der Waals surface area contributed by atoms with Gasteiger partial charge in [0.1, 0.15) is 6.61 Å². The number of rotatable bonds is 56. The van der Waals surface area contributed by atoms with E-state index >= 15 is 0 Å². The summed E-state index contributed by atoms with van der Waals surface area (Å²) in [6.45, 7) is 7.83. The van der Waals surface area contributed by atoms with Gasteiger partial charge in [0.25, 0.3) is 0 Å². The fraction of sp³-hybridized carbons (Fsp3) is 0.841.